The molecule has 2 atom stereocenters. The summed E-state index contributed by atoms with van der Waals surface area (Å²) >= 11 is 0. The van der Waals surface area contributed by atoms with E-state index in [0.29, 0.717) is 17.5 Å². The molecule has 0 radical (unpaired) electrons. The average molecular weight is 489 g/mol. The van der Waals surface area contributed by atoms with Gasteiger partial charge in [-0.2, -0.15) is 0 Å². The van der Waals surface area contributed by atoms with Crippen molar-refractivity contribution < 1.29 is 18.5 Å². The lowest BCUT2D eigenvalue weighted by atomic mass is 10.1. The Morgan fingerprint density at radius 1 is 0.697 bits per heavy atom. The zero-order valence-electron chi connectivity index (χ0n) is 23.0. The summed E-state index contributed by atoms with van der Waals surface area (Å²) in [6, 6.07) is 0. The zero-order valence-corrected chi connectivity index (χ0v) is 23.9. The molecule has 0 aromatic rings. The highest BCUT2D eigenvalue weighted by Gasteiger charge is 2.41. The van der Waals surface area contributed by atoms with Gasteiger partial charge in [-0.3, -0.25) is 4.57 Å². The van der Waals surface area contributed by atoms with Gasteiger partial charge >= 0.3 is 7.60 Å². The molecular formula is C28H59NO3P+. The minimum Gasteiger partial charge on any atom is -0.320 e. The number of nitrogens with zero attached hydrogens (tertiary/aromatic N) is 1. The average Bonchev–Trinajstić information content (AvgIpc) is 2.75. The predicted octanol–water partition coefficient (Wildman–Crippen LogP) is 9.23. The van der Waals surface area contributed by atoms with Crippen LogP contribution >= 0.6 is 7.60 Å². The normalized spacial score (nSPS) is 15.2. The van der Waals surface area contributed by atoms with E-state index in [9.17, 15) is 9.46 Å². The number of hydrogen-bond acceptors (Lipinski definition) is 2. The lowest BCUT2D eigenvalue weighted by Crippen LogP contribution is -2.45. The van der Waals surface area contributed by atoms with Crippen LogP contribution in [0.4, 0.5) is 0 Å². The molecule has 0 saturated heterocycles. The van der Waals surface area contributed by atoms with Crippen molar-refractivity contribution in [1.29, 1.82) is 0 Å². The Hall–Kier alpha value is -0.150. The molecule has 0 aromatic heterocycles. The SMILES string of the molecule is CCCCCCCC=CCCCCCCCCCCCCOP(=O)(O)C(CCC)[N+](C)(C)C. The number of rotatable bonds is 24. The molecule has 0 aromatic carbocycles. The molecule has 0 spiro atoms. The Labute approximate surface area is 207 Å². The first-order valence-corrected chi connectivity index (χ1v) is 15.8. The summed E-state index contributed by atoms with van der Waals surface area (Å²) in [5.41, 5.74) is 0. The van der Waals surface area contributed by atoms with E-state index in [1.54, 1.807) is 0 Å². The van der Waals surface area contributed by atoms with Gasteiger partial charge in [0.1, 0.15) is 0 Å². The van der Waals surface area contributed by atoms with Crippen molar-refractivity contribution in [2.75, 3.05) is 27.7 Å². The van der Waals surface area contributed by atoms with Gasteiger partial charge in [0.05, 0.1) is 27.7 Å². The first kappa shape index (κ1) is 32.8. The smallest absolute Gasteiger partial charge is 0.320 e. The highest BCUT2D eigenvalue weighted by Crippen LogP contribution is 2.51. The van der Waals surface area contributed by atoms with Crippen LogP contribution in [0.25, 0.3) is 0 Å². The second-order valence-corrected chi connectivity index (χ2v) is 12.8. The van der Waals surface area contributed by atoms with E-state index in [-0.39, 0.29) is 5.78 Å². The van der Waals surface area contributed by atoms with Crippen LogP contribution in [0.15, 0.2) is 12.2 Å². The van der Waals surface area contributed by atoms with Gasteiger partial charge in [0, 0.05) is 6.42 Å². The number of unbranched alkanes of at least 4 members (excludes halogenated alkanes) is 15. The maximum Gasteiger partial charge on any atom is 0.385 e. The molecule has 0 bridgehead atoms. The lowest BCUT2D eigenvalue weighted by molar-refractivity contribution is -0.883. The third-order valence-electron chi connectivity index (χ3n) is 6.50. The molecular weight excluding hydrogens is 429 g/mol. The van der Waals surface area contributed by atoms with Gasteiger partial charge in [-0.1, -0.05) is 103 Å². The molecule has 0 rings (SSSR count). The van der Waals surface area contributed by atoms with E-state index in [1.165, 1.54) is 96.3 Å². The predicted molar refractivity (Wildman–Crippen MR) is 146 cm³/mol. The number of hydrogen-bond donors (Lipinski definition) is 1. The number of allylic oxidation sites excluding steroid dienone is 2. The standard InChI is InChI=1S/C28H58NO3P/c1-6-8-9-10-11-12-13-14-15-16-17-18-19-20-21-22-23-24-25-27-32-33(30,31)28(26-7-2)29(3,4)5/h13-14,28H,6-12,15-27H2,1-5H3/p+1. The van der Waals surface area contributed by atoms with Gasteiger partial charge in [0.25, 0.3) is 0 Å². The molecule has 1 N–H and O–H groups in total. The highest BCUT2D eigenvalue weighted by molar-refractivity contribution is 7.53. The minimum absolute atomic E-state index is 0.334. The van der Waals surface area contributed by atoms with Crippen molar-refractivity contribution in [1.82, 2.24) is 0 Å². The maximum atomic E-state index is 12.7. The van der Waals surface area contributed by atoms with Gasteiger partial charge in [-0.15, -0.1) is 0 Å². The van der Waals surface area contributed by atoms with E-state index < -0.39 is 7.60 Å². The molecule has 33 heavy (non-hydrogen) atoms. The molecule has 0 saturated carbocycles. The topological polar surface area (TPSA) is 46.5 Å². The first-order valence-electron chi connectivity index (χ1n) is 14.2. The van der Waals surface area contributed by atoms with Gasteiger partial charge < -0.3 is 13.9 Å². The Kier molecular flexibility index (Phi) is 21.1. The van der Waals surface area contributed by atoms with Crippen LogP contribution in [0.1, 0.15) is 136 Å². The van der Waals surface area contributed by atoms with Crippen LogP contribution in [0, 0.1) is 0 Å². The monoisotopic (exact) mass is 488 g/mol. The van der Waals surface area contributed by atoms with Gasteiger partial charge in [0.15, 0.2) is 5.78 Å². The molecule has 0 aliphatic rings. The van der Waals surface area contributed by atoms with Gasteiger partial charge in [0.2, 0.25) is 0 Å². The van der Waals surface area contributed by atoms with Crippen molar-refractivity contribution in [2.45, 2.75) is 142 Å². The second kappa shape index (κ2) is 21.2. The summed E-state index contributed by atoms with van der Waals surface area (Å²) in [5, 5.41) is 0. The minimum atomic E-state index is -3.57. The lowest BCUT2D eigenvalue weighted by Gasteiger charge is -2.35. The van der Waals surface area contributed by atoms with Crippen LogP contribution in [0.3, 0.4) is 0 Å². The Morgan fingerprint density at radius 3 is 1.55 bits per heavy atom. The summed E-state index contributed by atoms with van der Waals surface area (Å²) < 4.78 is 18.6. The molecule has 0 aliphatic heterocycles. The highest BCUT2D eigenvalue weighted by atomic mass is 31.2. The molecule has 0 heterocycles. The van der Waals surface area contributed by atoms with Crippen LogP contribution < -0.4 is 0 Å². The van der Waals surface area contributed by atoms with E-state index in [1.807, 2.05) is 21.1 Å². The first-order chi connectivity index (χ1) is 15.8. The molecule has 0 amide bonds. The van der Waals surface area contributed by atoms with Gasteiger partial charge in [-0.05, 0) is 38.5 Å². The summed E-state index contributed by atoms with van der Waals surface area (Å²) in [6.45, 7) is 4.73. The Morgan fingerprint density at radius 2 is 1.12 bits per heavy atom. The third-order valence-corrected chi connectivity index (χ3v) is 8.76. The largest absolute Gasteiger partial charge is 0.385 e. The Bertz CT molecular complexity index is 502. The fraction of sp³-hybridized carbons (Fsp3) is 0.929. The van der Waals surface area contributed by atoms with Gasteiger partial charge in [-0.25, -0.2) is 0 Å². The summed E-state index contributed by atoms with van der Waals surface area (Å²) in [6.07, 6.45) is 28.4. The second-order valence-electron chi connectivity index (χ2n) is 10.8. The van der Waals surface area contributed by atoms with E-state index in [0.717, 1.165) is 19.3 Å². The van der Waals surface area contributed by atoms with E-state index in [4.69, 9.17) is 4.52 Å². The molecule has 0 aliphatic carbocycles. The number of quaternary nitrogens is 1. The van der Waals surface area contributed by atoms with Crippen molar-refractivity contribution in [3.8, 4) is 0 Å². The molecule has 2 unspecified atom stereocenters. The van der Waals surface area contributed by atoms with E-state index >= 15 is 0 Å². The molecule has 0 fully saturated rings. The quantitative estimate of drug-likeness (QED) is 0.0637. The van der Waals surface area contributed by atoms with Crippen molar-refractivity contribution in [3.63, 3.8) is 0 Å². The maximum absolute atomic E-state index is 12.7. The van der Waals surface area contributed by atoms with Crippen molar-refractivity contribution >= 4 is 7.60 Å². The fourth-order valence-corrected chi connectivity index (χ4v) is 6.43. The van der Waals surface area contributed by atoms with Crippen LogP contribution in [0.2, 0.25) is 0 Å². The van der Waals surface area contributed by atoms with Crippen molar-refractivity contribution in [2.24, 2.45) is 0 Å². The zero-order chi connectivity index (χ0) is 24.8. The van der Waals surface area contributed by atoms with Crippen LogP contribution in [0.5, 0.6) is 0 Å². The van der Waals surface area contributed by atoms with E-state index in [2.05, 4.69) is 26.0 Å². The third kappa shape index (κ3) is 19.8. The van der Waals surface area contributed by atoms with Crippen LogP contribution in [-0.4, -0.2) is 42.9 Å². The summed E-state index contributed by atoms with van der Waals surface area (Å²) in [5.74, 6) is -0.334. The molecule has 5 heteroatoms. The molecule has 198 valence electrons. The Balaban J connectivity index is 3.50. The van der Waals surface area contributed by atoms with Crippen LogP contribution in [-0.2, 0) is 9.09 Å². The van der Waals surface area contributed by atoms with Crippen molar-refractivity contribution in [3.05, 3.63) is 12.2 Å². The summed E-state index contributed by atoms with van der Waals surface area (Å²) in [4.78, 5) is 10.4. The fourth-order valence-electron chi connectivity index (χ4n) is 4.41. The molecule has 4 nitrogen and oxygen atoms in total. The summed E-state index contributed by atoms with van der Waals surface area (Å²) in [7, 11) is 2.35.